The Morgan fingerprint density at radius 3 is 2.88 bits per heavy atom. The highest BCUT2D eigenvalue weighted by Gasteiger charge is 2.12. The Morgan fingerprint density at radius 2 is 2.31 bits per heavy atom. The van der Waals surface area contributed by atoms with E-state index >= 15 is 0 Å². The molecule has 0 spiro atoms. The Balaban J connectivity index is 2.13. The molecule has 0 radical (unpaired) electrons. The van der Waals surface area contributed by atoms with Crippen LogP contribution in [0.3, 0.4) is 0 Å². The van der Waals surface area contributed by atoms with Gasteiger partial charge < -0.3 is 9.73 Å². The molecule has 0 fully saturated rings. The van der Waals surface area contributed by atoms with Gasteiger partial charge in [-0.05, 0) is 31.3 Å². The minimum atomic E-state index is -0.323. The van der Waals surface area contributed by atoms with Crippen molar-refractivity contribution in [3.8, 4) is 0 Å². The van der Waals surface area contributed by atoms with Crippen molar-refractivity contribution in [3.63, 3.8) is 0 Å². The molecule has 2 heterocycles. The van der Waals surface area contributed by atoms with Crippen LogP contribution in [0.2, 0.25) is 0 Å². The summed E-state index contributed by atoms with van der Waals surface area (Å²) < 4.78 is 18.0. The number of nitrogens with one attached hydrogen (secondary N) is 1. The summed E-state index contributed by atoms with van der Waals surface area (Å²) in [6, 6.07) is 6.88. The first-order valence-electron chi connectivity index (χ1n) is 5.10. The second-order valence-electron chi connectivity index (χ2n) is 3.53. The van der Waals surface area contributed by atoms with Crippen LogP contribution in [0.25, 0.3) is 0 Å². The maximum atomic E-state index is 12.7. The minimum absolute atomic E-state index is 0.0340. The molecule has 3 nitrogen and oxygen atoms in total. The smallest absolute Gasteiger partial charge is 0.141 e. The van der Waals surface area contributed by atoms with Crippen LogP contribution in [-0.4, -0.2) is 12.0 Å². The van der Waals surface area contributed by atoms with Gasteiger partial charge in [0.15, 0.2) is 0 Å². The SMILES string of the molecule is CNC(Cc1ccco1)c1ccc(F)cn1. The second-order valence-corrected chi connectivity index (χ2v) is 3.53. The average Bonchev–Trinajstić information content (AvgIpc) is 2.80. The van der Waals surface area contributed by atoms with E-state index in [9.17, 15) is 4.39 Å². The fourth-order valence-electron chi connectivity index (χ4n) is 1.58. The lowest BCUT2D eigenvalue weighted by atomic mass is 10.1. The highest BCUT2D eigenvalue weighted by molar-refractivity contribution is 5.13. The number of hydrogen-bond acceptors (Lipinski definition) is 3. The summed E-state index contributed by atoms with van der Waals surface area (Å²) in [5.41, 5.74) is 0.806. The molecular formula is C12H13FN2O. The highest BCUT2D eigenvalue weighted by atomic mass is 19.1. The number of hydrogen-bond donors (Lipinski definition) is 1. The van der Waals surface area contributed by atoms with E-state index in [1.165, 1.54) is 12.3 Å². The summed E-state index contributed by atoms with van der Waals surface area (Å²) >= 11 is 0. The highest BCUT2D eigenvalue weighted by Crippen LogP contribution is 2.16. The topological polar surface area (TPSA) is 38.1 Å². The Bertz CT molecular complexity index is 425. The number of furan rings is 1. The molecule has 2 aromatic rings. The van der Waals surface area contributed by atoms with E-state index in [1.807, 2.05) is 19.2 Å². The third-order valence-corrected chi connectivity index (χ3v) is 2.44. The number of halogens is 1. The zero-order chi connectivity index (χ0) is 11.4. The van der Waals surface area contributed by atoms with Crippen LogP contribution in [0.1, 0.15) is 17.5 Å². The van der Waals surface area contributed by atoms with Gasteiger partial charge in [-0.25, -0.2) is 4.39 Å². The van der Waals surface area contributed by atoms with Gasteiger partial charge in [0.25, 0.3) is 0 Å². The van der Waals surface area contributed by atoms with E-state index < -0.39 is 0 Å². The van der Waals surface area contributed by atoms with Crippen LogP contribution in [0, 0.1) is 5.82 Å². The molecule has 0 aliphatic rings. The Morgan fingerprint density at radius 1 is 1.44 bits per heavy atom. The third kappa shape index (κ3) is 2.46. The van der Waals surface area contributed by atoms with Crippen LogP contribution >= 0.6 is 0 Å². The molecule has 1 N–H and O–H groups in total. The molecule has 0 saturated heterocycles. The van der Waals surface area contributed by atoms with Crippen LogP contribution < -0.4 is 5.32 Å². The molecule has 0 aliphatic heterocycles. The van der Waals surface area contributed by atoms with Crippen molar-refractivity contribution >= 4 is 0 Å². The zero-order valence-corrected chi connectivity index (χ0v) is 8.98. The van der Waals surface area contributed by atoms with Crippen molar-refractivity contribution in [1.82, 2.24) is 10.3 Å². The summed E-state index contributed by atoms with van der Waals surface area (Å²) in [6.45, 7) is 0. The lowest BCUT2D eigenvalue weighted by Crippen LogP contribution is -2.19. The molecule has 0 aliphatic carbocycles. The van der Waals surface area contributed by atoms with E-state index in [1.54, 1.807) is 12.3 Å². The Hall–Kier alpha value is -1.68. The number of likely N-dealkylation sites (N-methyl/N-ethyl adjacent to an activating group) is 1. The van der Waals surface area contributed by atoms with Gasteiger partial charge in [-0.15, -0.1) is 0 Å². The number of rotatable bonds is 4. The van der Waals surface area contributed by atoms with E-state index in [0.29, 0.717) is 6.42 Å². The van der Waals surface area contributed by atoms with Crippen molar-refractivity contribution in [3.05, 3.63) is 54.0 Å². The van der Waals surface area contributed by atoms with Crippen LogP contribution in [0.4, 0.5) is 4.39 Å². The molecule has 2 aromatic heterocycles. The standard InChI is InChI=1S/C12H13FN2O/c1-14-12(7-10-3-2-6-16-10)11-5-4-9(13)8-15-11/h2-6,8,12,14H,7H2,1H3. The van der Waals surface area contributed by atoms with Gasteiger partial charge in [-0.2, -0.15) is 0 Å². The molecule has 0 amide bonds. The van der Waals surface area contributed by atoms with Gasteiger partial charge >= 0.3 is 0 Å². The van der Waals surface area contributed by atoms with E-state index in [2.05, 4.69) is 10.3 Å². The molecule has 16 heavy (non-hydrogen) atoms. The molecule has 1 atom stereocenters. The summed E-state index contributed by atoms with van der Waals surface area (Å²) in [7, 11) is 1.85. The average molecular weight is 220 g/mol. The van der Waals surface area contributed by atoms with Crippen molar-refractivity contribution in [2.24, 2.45) is 0 Å². The number of pyridine rings is 1. The first-order valence-corrected chi connectivity index (χ1v) is 5.10. The molecule has 2 rings (SSSR count). The molecular weight excluding hydrogens is 207 g/mol. The molecule has 4 heteroatoms. The van der Waals surface area contributed by atoms with E-state index in [0.717, 1.165) is 11.5 Å². The summed E-state index contributed by atoms with van der Waals surface area (Å²) in [5, 5.41) is 3.13. The van der Waals surface area contributed by atoms with Gasteiger partial charge in [0.2, 0.25) is 0 Å². The third-order valence-electron chi connectivity index (χ3n) is 2.44. The molecule has 0 aromatic carbocycles. The predicted octanol–water partition coefficient (Wildman–Crippen LogP) is 2.32. The molecule has 0 saturated carbocycles. The second kappa shape index (κ2) is 4.90. The maximum Gasteiger partial charge on any atom is 0.141 e. The monoisotopic (exact) mass is 220 g/mol. The molecule has 0 bridgehead atoms. The lowest BCUT2D eigenvalue weighted by Gasteiger charge is -2.13. The van der Waals surface area contributed by atoms with Crippen LogP contribution in [0.15, 0.2) is 41.1 Å². The van der Waals surface area contributed by atoms with Crippen molar-refractivity contribution < 1.29 is 8.81 Å². The molecule has 84 valence electrons. The lowest BCUT2D eigenvalue weighted by molar-refractivity contribution is 0.460. The number of aromatic nitrogens is 1. The van der Waals surface area contributed by atoms with Gasteiger partial charge in [-0.1, -0.05) is 0 Å². The van der Waals surface area contributed by atoms with Crippen molar-refractivity contribution in [2.75, 3.05) is 7.05 Å². The zero-order valence-electron chi connectivity index (χ0n) is 8.98. The van der Waals surface area contributed by atoms with Gasteiger partial charge in [0.05, 0.1) is 24.2 Å². The summed E-state index contributed by atoms with van der Waals surface area (Å²) in [6.07, 6.45) is 3.56. The number of nitrogens with zero attached hydrogens (tertiary/aromatic N) is 1. The largest absolute Gasteiger partial charge is 0.469 e. The maximum absolute atomic E-state index is 12.7. The molecule has 1 unspecified atom stereocenters. The Labute approximate surface area is 93.3 Å². The first-order chi connectivity index (χ1) is 7.79. The van der Waals surface area contributed by atoms with Crippen molar-refractivity contribution in [2.45, 2.75) is 12.5 Å². The minimum Gasteiger partial charge on any atom is -0.469 e. The summed E-state index contributed by atoms with van der Waals surface area (Å²) in [4.78, 5) is 4.05. The van der Waals surface area contributed by atoms with Gasteiger partial charge in [-0.3, -0.25) is 4.98 Å². The quantitative estimate of drug-likeness (QED) is 0.859. The predicted molar refractivity (Wildman–Crippen MR) is 58.4 cm³/mol. The van der Waals surface area contributed by atoms with E-state index in [-0.39, 0.29) is 11.9 Å². The summed E-state index contributed by atoms with van der Waals surface area (Å²) in [5.74, 6) is 0.557. The normalized spacial score (nSPS) is 12.6. The fourth-order valence-corrected chi connectivity index (χ4v) is 1.58. The van der Waals surface area contributed by atoms with Crippen LogP contribution in [0.5, 0.6) is 0 Å². The van der Waals surface area contributed by atoms with Gasteiger partial charge in [0, 0.05) is 6.42 Å². The van der Waals surface area contributed by atoms with Crippen LogP contribution in [-0.2, 0) is 6.42 Å². The van der Waals surface area contributed by atoms with Gasteiger partial charge in [0.1, 0.15) is 11.6 Å². The Kier molecular flexibility index (Phi) is 3.31. The fraction of sp³-hybridized carbons (Fsp3) is 0.250. The van der Waals surface area contributed by atoms with Crippen molar-refractivity contribution in [1.29, 1.82) is 0 Å². The first kappa shape index (κ1) is 10.8. The van der Waals surface area contributed by atoms with E-state index in [4.69, 9.17) is 4.42 Å².